The van der Waals surface area contributed by atoms with Crippen LogP contribution in [0.4, 0.5) is 0 Å². The highest BCUT2D eigenvalue weighted by Crippen LogP contribution is 2.05. The van der Waals surface area contributed by atoms with E-state index in [1.54, 1.807) is 6.92 Å². The molecule has 0 saturated carbocycles. The van der Waals surface area contributed by atoms with Crippen LogP contribution in [-0.2, 0) is 9.53 Å². The minimum atomic E-state index is -0.337. The van der Waals surface area contributed by atoms with Crippen LogP contribution in [-0.4, -0.2) is 49.0 Å². The zero-order valence-electron chi connectivity index (χ0n) is 10.7. The van der Waals surface area contributed by atoms with Crippen molar-refractivity contribution in [2.24, 2.45) is 0 Å². The van der Waals surface area contributed by atoms with Crippen LogP contribution in [0.5, 0.6) is 0 Å². The number of aliphatic hydroxyl groups excluding tert-OH is 1. The summed E-state index contributed by atoms with van der Waals surface area (Å²) in [6.07, 6.45) is 2.12. The largest absolute Gasteiger partial charge is 0.393 e. The molecule has 17 heavy (non-hydrogen) atoms. The Labute approximate surface area is 103 Å². The van der Waals surface area contributed by atoms with Gasteiger partial charge in [-0.2, -0.15) is 0 Å². The summed E-state index contributed by atoms with van der Waals surface area (Å²) in [5, 5.41) is 15.3. The van der Waals surface area contributed by atoms with Crippen molar-refractivity contribution in [3.8, 4) is 0 Å². The van der Waals surface area contributed by atoms with Gasteiger partial charge in [0.05, 0.1) is 12.6 Å². The molecule has 1 amide bonds. The third-order valence-electron chi connectivity index (χ3n) is 2.89. The molecule has 1 aliphatic heterocycles. The Balaban J connectivity index is 2.11. The second-order valence-electron chi connectivity index (χ2n) is 4.82. The maximum Gasteiger partial charge on any atom is 0.234 e. The SMILES string of the molecule is CC(O)CC(C)NCC(=O)NC1CCOCC1. The van der Waals surface area contributed by atoms with Gasteiger partial charge in [0.15, 0.2) is 0 Å². The van der Waals surface area contributed by atoms with Crippen LogP contribution in [0.15, 0.2) is 0 Å². The number of rotatable bonds is 6. The monoisotopic (exact) mass is 244 g/mol. The molecule has 0 aliphatic carbocycles. The molecule has 0 spiro atoms. The molecule has 1 fully saturated rings. The van der Waals surface area contributed by atoms with E-state index in [1.165, 1.54) is 0 Å². The number of carbonyl (C=O) groups excluding carboxylic acids is 1. The number of nitrogens with one attached hydrogen (secondary N) is 2. The van der Waals surface area contributed by atoms with E-state index in [0.717, 1.165) is 26.1 Å². The van der Waals surface area contributed by atoms with Gasteiger partial charge in [-0.1, -0.05) is 0 Å². The summed E-state index contributed by atoms with van der Waals surface area (Å²) >= 11 is 0. The van der Waals surface area contributed by atoms with Crippen LogP contribution < -0.4 is 10.6 Å². The summed E-state index contributed by atoms with van der Waals surface area (Å²) in [4.78, 5) is 11.6. The average Bonchev–Trinajstić information content (AvgIpc) is 2.27. The van der Waals surface area contributed by atoms with Crippen molar-refractivity contribution in [2.75, 3.05) is 19.8 Å². The van der Waals surface area contributed by atoms with Crippen molar-refractivity contribution < 1.29 is 14.6 Å². The summed E-state index contributed by atoms with van der Waals surface area (Å²) in [6.45, 7) is 5.49. The minimum absolute atomic E-state index is 0.0225. The fourth-order valence-corrected chi connectivity index (χ4v) is 1.98. The lowest BCUT2D eigenvalue weighted by Gasteiger charge is -2.23. The van der Waals surface area contributed by atoms with Crippen LogP contribution >= 0.6 is 0 Å². The fourth-order valence-electron chi connectivity index (χ4n) is 1.98. The van der Waals surface area contributed by atoms with E-state index in [4.69, 9.17) is 4.74 Å². The highest BCUT2D eigenvalue weighted by molar-refractivity contribution is 5.78. The molecule has 1 heterocycles. The quantitative estimate of drug-likeness (QED) is 0.616. The third-order valence-corrected chi connectivity index (χ3v) is 2.89. The van der Waals surface area contributed by atoms with Gasteiger partial charge in [0.2, 0.25) is 5.91 Å². The molecule has 1 rings (SSSR count). The van der Waals surface area contributed by atoms with Crippen molar-refractivity contribution in [1.29, 1.82) is 0 Å². The number of hydrogen-bond acceptors (Lipinski definition) is 4. The molecule has 2 atom stereocenters. The molecule has 0 aromatic heterocycles. The van der Waals surface area contributed by atoms with E-state index < -0.39 is 0 Å². The van der Waals surface area contributed by atoms with E-state index >= 15 is 0 Å². The van der Waals surface area contributed by atoms with E-state index in [2.05, 4.69) is 10.6 Å². The topological polar surface area (TPSA) is 70.6 Å². The van der Waals surface area contributed by atoms with E-state index in [-0.39, 0.29) is 24.1 Å². The molecule has 1 aliphatic rings. The first kappa shape index (κ1) is 14.4. The Morgan fingerprint density at radius 1 is 1.41 bits per heavy atom. The van der Waals surface area contributed by atoms with Crippen molar-refractivity contribution in [3.63, 3.8) is 0 Å². The minimum Gasteiger partial charge on any atom is -0.393 e. The second kappa shape index (κ2) is 7.63. The van der Waals surface area contributed by atoms with Crippen LogP contribution in [0.1, 0.15) is 33.1 Å². The molecule has 100 valence electrons. The molecule has 0 radical (unpaired) electrons. The number of amides is 1. The van der Waals surface area contributed by atoms with Gasteiger partial charge < -0.3 is 20.5 Å². The molecule has 0 aromatic carbocycles. The molecule has 5 nitrogen and oxygen atoms in total. The predicted molar refractivity (Wildman–Crippen MR) is 65.7 cm³/mol. The smallest absolute Gasteiger partial charge is 0.234 e. The number of ether oxygens (including phenoxy) is 1. The lowest BCUT2D eigenvalue weighted by atomic mass is 10.1. The van der Waals surface area contributed by atoms with E-state index in [1.807, 2.05) is 6.92 Å². The normalized spacial score (nSPS) is 20.9. The second-order valence-corrected chi connectivity index (χ2v) is 4.82. The highest BCUT2D eigenvalue weighted by atomic mass is 16.5. The summed E-state index contributed by atoms with van der Waals surface area (Å²) in [5.41, 5.74) is 0. The van der Waals surface area contributed by atoms with Crippen molar-refractivity contribution in [2.45, 2.75) is 51.3 Å². The summed E-state index contributed by atoms with van der Waals surface area (Å²) in [6, 6.07) is 0.403. The number of hydrogen-bond donors (Lipinski definition) is 3. The van der Waals surface area contributed by atoms with Crippen LogP contribution in [0.25, 0.3) is 0 Å². The summed E-state index contributed by atoms with van der Waals surface area (Å²) in [7, 11) is 0. The Hall–Kier alpha value is -0.650. The van der Waals surface area contributed by atoms with Crippen molar-refractivity contribution in [1.82, 2.24) is 10.6 Å². The number of carbonyl (C=O) groups is 1. The summed E-state index contributed by atoms with van der Waals surface area (Å²) in [5.74, 6) is 0.0225. The number of aliphatic hydroxyl groups is 1. The zero-order chi connectivity index (χ0) is 12.7. The third kappa shape index (κ3) is 6.61. The maximum absolute atomic E-state index is 11.6. The Kier molecular flexibility index (Phi) is 6.47. The van der Waals surface area contributed by atoms with Crippen LogP contribution in [0.3, 0.4) is 0 Å². The van der Waals surface area contributed by atoms with Gasteiger partial charge >= 0.3 is 0 Å². The molecule has 5 heteroatoms. The first-order valence-electron chi connectivity index (χ1n) is 6.36. The van der Waals surface area contributed by atoms with Gasteiger partial charge in [-0.15, -0.1) is 0 Å². The van der Waals surface area contributed by atoms with Gasteiger partial charge in [-0.05, 0) is 33.1 Å². The van der Waals surface area contributed by atoms with Crippen LogP contribution in [0.2, 0.25) is 0 Å². The molecular weight excluding hydrogens is 220 g/mol. The average molecular weight is 244 g/mol. The molecule has 0 bridgehead atoms. The zero-order valence-corrected chi connectivity index (χ0v) is 10.7. The Bertz CT molecular complexity index is 228. The fraction of sp³-hybridized carbons (Fsp3) is 0.917. The molecule has 1 saturated heterocycles. The Morgan fingerprint density at radius 2 is 2.06 bits per heavy atom. The van der Waals surface area contributed by atoms with Gasteiger partial charge in [-0.3, -0.25) is 4.79 Å². The van der Waals surface area contributed by atoms with E-state index in [0.29, 0.717) is 13.0 Å². The van der Waals surface area contributed by atoms with Gasteiger partial charge in [0, 0.05) is 25.3 Å². The molecule has 0 aromatic rings. The molecule has 3 N–H and O–H groups in total. The first-order chi connectivity index (χ1) is 8.08. The maximum atomic E-state index is 11.6. The lowest BCUT2D eigenvalue weighted by Crippen LogP contribution is -2.44. The molecular formula is C12H24N2O3. The molecule has 2 unspecified atom stereocenters. The van der Waals surface area contributed by atoms with Gasteiger partial charge in [0.1, 0.15) is 0 Å². The highest BCUT2D eigenvalue weighted by Gasteiger charge is 2.16. The van der Waals surface area contributed by atoms with Gasteiger partial charge in [0.25, 0.3) is 0 Å². The van der Waals surface area contributed by atoms with Gasteiger partial charge in [-0.25, -0.2) is 0 Å². The predicted octanol–water partition coefficient (Wildman–Crippen LogP) is 0.0306. The Morgan fingerprint density at radius 3 is 2.65 bits per heavy atom. The summed E-state index contributed by atoms with van der Waals surface area (Å²) < 4.78 is 5.23. The van der Waals surface area contributed by atoms with Crippen LogP contribution in [0, 0.1) is 0 Å². The first-order valence-corrected chi connectivity index (χ1v) is 6.36. The van der Waals surface area contributed by atoms with Crippen molar-refractivity contribution in [3.05, 3.63) is 0 Å². The standard InChI is InChI=1S/C12H24N2O3/c1-9(7-10(2)15)13-8-12(16)14-11-3-5-17-6-4-11/h9-11,13,15H,3-8H2,1-2H3,(H,14,16). The van der Waals surface area contributed by atoms with Crippen molar-refractivity contribution >= 4 is 5.91 Å². The lowest BCUT2D eigenvalue weighted by molar-refractivity contribution is -0.121. The van der Waals surface area contributed by atoms with E-state index in [9.17, 15) is 9.90 Å².